The Hall–Kier alpha value is -0.660. The Morgan fingerprint density at radius 1 is 1.08 bits per heavy atom. The van der Waals surface area contributed by atoms with Crippen LogP contribution in [0, 0.1) is 5.92 Å². The van der Waals surface area contributed by atoms with E-state index in [4.69, 9.17) is 0 Å². The number of rotatable bonds is 8. The first-order valence-corrected chi connectivity index (χ1v) is 11.6. The molecule has 25 heavy (non-hydrogen) atoms. The molecule has 0 spiro atoms. The average molecular weight is 374 g/mol. The molecule has 2 aliphatic heterocycles. The largest absolute Gasteiger partial charge is 0.356 e. The molecule has 0 aliphatic carbocycles. The first kappa shape index (κ1) is 20.6. The molecule has 0 unspecified atom stereocenters. The molecule has 7 heteroatoms. The number of hydrogen-bond acceptors (Lipinski definition) is 4. The van der Waals surface area contributed by atoms with Gasteiger partial charge in [0.25, 0.3) is 0 Å². The van der Waals surface area contributed by atoms with E-state index in [-0.39, 0.29) is 17.6 Å². The van der Waals surface area contributed by atoms with Crippen molar-refractivity contribution >= 4 is 15.9 Å². The van der Waals surface area contributed by atoms with Crippen molar-refractivity contribution in [1.82, 2.24) is 14.5 Å². The van der Waals surface area contributed by atoms with Gasteiger partial charge in [0.1, 0.15) is 0 Å². The lowest BCUT2D eigenvalue weighted by molar-refractivity contribution is -0.126. The second-order valence-electron chi connectivity index (χ2n) is 7.31. The van der Waals surface area contributed by atoms with Crippen LogP contribution in [0.4, 0.5) is 0 Å². The molecular weight excluding hydrogens is 338 g/mol. The van der Waals surface area contributed by atoms with Gasteiger partial charge in [-0.1, -0.05) is 13.3 Å². The maximum Gasteiger partial charge on any atom is 0.223 e. The summed E-state index contributed by atoms with van der Waals surface area (Å²) in [5.74, 6) is 0.194. The molecule has 146 valence electrons. The summed E-state index contributed by atoms with van der Waals surface area (Å²) in [5.41, 5.74) is 0. The SMILES string of the molecule is CC[C@@H]1CCCCN1CCCNC(=O)C1CCN(S(=O)(=O)CC)CC1. The van der Waals surface area contributed by atoms with Crippen LogP contribution in [0.2, 0.25) is 0 Å². The number of sulfonamides is 1. The molecule has 2 aliphatic rings. The molecule has 0 aromatic heterocycles. The zero-order chi connectivity index (χ0) is 18.3. The summed E-state index contributed by atoms with van der Waals surface area (Å²) in [7, 11) is -3.12. The fourth-order valence-electron chi connectivity index (χ4n) is 4.03. The summed E-state index contributed by atoms with van der Waals surface area (Å²) in [5, 5.41) is 3.06. The standard InChI is InChI=1S/C18H35N3O3S/c1-3-17-8-5-6-12-20(17)13-7-11-19-18(22)16-9-14-21(15-10-16)25(23,24)4-2/h16-17H,3-15H2,1-2H3,(H,19,22)/t17-/m1/s1. The Morgan fingerprint density at radius 3 is 2.44 bits per heavy atom. The van der Waals surface area contributed by atoms with E-state index in [9.17, 15) is 13.2 Å². The third-order valence-electron chi connectivity index (χ3n) is 5.72. The number of carbonyl (C=O) groups is 1. The van der Waals surface area contributed by atoms with Gasteiger partial charge in [-0.05, 0) is 52.0 Å². The smallest absolute Gasteiger partial charge is 0.223 e. The highest BCUT2D eigenvalue weighted by Crippen LogP contribution is 2.21. The molecule has 6 nitrogen and oxygen atoms in total. The maximum atomic E-state index is 12.3. The molecule has 1 N–H and O–H groups in total. The highest BCUT2D eigenvalue weighted by Gasteiger charge is 2.30. The van der Waals surface area contributed by atoms with Crippen LogP contribution >= 0.6 is 0 Å². The van der Waals surface area contributed by atoms with Crippen molar-refractivity contribution in [3.05, 3.63) is 0 Å². The highest BCUT2D eigenvalue weighted by atomic mass is 32.2. The second-order valence-corrected chi connectivity index (χ2v) is 9.57. The van der Waals surface area contributed by atoms with Gasteiger partial charge < -0.3 is 10.2 Å². The predicted octanol–water partition coefficient (Wildman–Crippen LogP) is 1.82. The van der Waals surface area contributed by atoms with E-state index < -0.39 is 10.0 Å². The number of likely N-dealkylation sites (tertiary alicyclic amines) is 1. The predicted molar refractivity (Wildman–Crippen MR) is 101 cm³/mol. The van der Waals surface area contributed by atoms with Crippen molar-refractivity contribution in [3.8, 4) is 0 Å². The number of hydrogen-bond donors (Lipinski definition) is 1. The molecule has 0 aromatic rings. The van der Waals surface area contributed by atoms with E-state index in [1.165, 1.54) is 36.5 Å². The van der Waals surface area contributed by atoms with Crippen LogP contribution in [0.15, 0.2) is 0 Å². The van der Waals surface area contributed by atoms with E-state index in [0.717, 1.165) is 19.5 Å². The number of amides is 1. The van der Waals surface area contributed by atoms with E-state index in [1.54, 1.807) is 6.92 Å². The minimum Gasteiger partial charge on any atom is -0.356 e. The molecule has 2 fully saturated rings. The van der Waals surface area contributed by atoms with Crippen LogP contribution in [-0.4, -0.2) is 68.0 Å². The van der Waals surface area contributed by atoms with Crippen LogP contribution in [-0.2, 0) is 14.8 Å². The van der Waals surface area contributed by atoms with Crippen molar-refractivity contribution in [2.75, 3.05) is 38.5 Å². The second kappa shape index (κ2) is 9.88. The average Bonchev–Trinajstić information content (AvgIpc) is 2.65. The number of piperidine rings is 2. The zero-order valence-corrected chi connectivity index (χ0v) is 16.7. The fourth-order valence-corrected chi connectivity index (χ4v) is 5.17. The van der Waals surface area contributed by atoms with Crippen LogP contribution < -0.4 is 5.32 Å². The van der Waals surface area contributed by atoms with Crippen LogP contribution in [0.5, 0.6) is 0 Å². The summed E-state index contributed by atoms with van der Waals surface area (Å²) in [4.78, 5) is 14.9. The third kappa shape index (κ3) is 5.93. The normalized spacial score (nSPS) is 24.3. The lowest BCUT2D eigenvalue weighted by atomic mass is 9.97. The summed E-state index contributed by atoms with van der Waals surface area (Å²) in [6.07, 6.45) is 7.42. The van der Waals surface area contributed by atoms with Crippen LogP contribution in [0.1, 0.15) is 58.8 Å². The molecule has 2 rings (SSSR count). The summed E-state index contributed by atoms with van der Waals surface area (Å²) >= 11 is 0. The Labute approximate surface area is 153 Å². The molecule has 1 atom stereocenters. The number of nitrogens with one attached hydrogen (secondary N) is 1. The van der Waals surface area contributed by atoms with E-state index in [2.05, 4.69) is 17.1 Å². The fraction of sp³-hybridized carbons (Fsp3) is 0.944. The molecule has 2 heterocycles. The highest BCUT2D eigenvalue weighted by molar-refractivity contribution is 7.89. The Kier molecular flexibility index (Phi) is 8.16. The van der Waals surface area contributed by atoms with Crippen molar-refractivity contribution in [2.45, 2.75) is 64.8 Å². The topological polar surface area (TPSA) is 69.7 Å². The van der Waals surface area contributed by atoms with Crippen LogP contribution in [0.25, 0.3) is 0 Å². The first-order valence-electron chi connectivity index (χ1n) is 9.97. The van der Waals surface area contributed by atoms with Crippen molar-refractivity contribution in [3.63, 3.8) is 0 Å². The number of carbonyl (C=O) groups excluding carboxylic acids is 1. The molecular formula is C18H35N3O3S. The van der Waals surface area contributed by atoms with Gasteiger partial charge in [0, 0.05) is 38.1 Å². The monoisotopic (exact) mass is 373 g/mol. The Bertz CT molecular complexity index is 516. The van der Waals surface area contributed by atoms with Crippen molar-refractivity contribution < 1.29 is 13.2 Å². The van der Waals surface area contributed by atoms with E-state index in [0.29, 0.717) is 32.0 Å². The van der Waals surface area contributed by atoms with Gasteiger partial charge in [0.05, 0.1) is 5.75 Å². The summed E-state index contributed by atoms with van der Waals surface area (Å²) in [6, 6.07) is 0.717. The summed E-state index contributed by atoms with van der Waals surface area (Å²) < 4.78 is 25.3. The summed E-state index contributed by atoms with van der Waals surface area (Å²) in [6.45, 7) is 7.85. The van der Waals surface area contributed by atoms with E-state index >= 15 is 0 Å². The van der Waals surface area contributed by atoms with Crippen molar-refractivity contribution in [1.29, 1.82) is 0 Å². The first-order chi connectivity index (χ1) is 12.0. The van der Waals surface area contributed by atoms with Gasteiger partial charge in [0.15, 0.2) is 0 Å². The van der Waals surface area contributed by atoms with E-state index in [1.807, 2.05) is 0 Å². The van der Waals surface area contributed by atoms with Gasteiger partial charge in [-0.3, -0.25) is 4.79 Å². The molecule has 0 aromatic carbocycles. The molecule has 1 amide bonds. The van der Waals surface area contributed by atoms with Gasteiger partial charge in [-0.2, -0.15) is 0 Å². The lowest BCUT2D eigenvalue weighted by Gasteiger charge is -2.35. The Morgan fingerprint density at radius 2 is 1.80 bits per heavy atom. The minimum atomic E-state index is -3.12. The number of nitrogens with zero attached hydrogens (tertiary/aromatic N) is 2. The third-order valence-corrected chi connectivity index (χ3v) is 7.61. The molecule has 2 saturated heterocycles. The quantitative estimate of drug-likeness (QED) is 0.659. The maximum absolute atomic E-state index is 12.3. The molecule has 0 bridgehead atoms. The minimum absolute atomic E-state index is 0.0401. The van der Waals surface area contributed by atoms with Gasteiger partial charge >= 0.3 is 0 Å². The Balaban J connectivity index is 1.64. The van der Waals surface area contributed by atoms with Crippen molar-refractivity contribution in [2.24, 2.45) is 5.92 Å². The van der Waals surface area contributed by atoms with Gasteiger partial charge in [0.2, 0.25) is 15.9 Å². The van der Waals surface area contributed by atoms with Gasteiger partial charge in [-0.15, -0.1) is 0 Å². The zero-order valence-electron chi connectivity index (χ0n) is 15.9. The molecule has 0 saturated carbocycles. The lowest BCUT2D eigenvalue weighted by Crippen LogP contribution is -2.44. The van der Waals surface area contributed by atoms with Crippen LogP contribution in [0.3, 0.4) is 0 Å². The van der Waals surface area contributed by atoms with Gasteiger partial charge in [-0.25, -0.2) is 12.7 Å². The molecule has 0 radical (unpaired) electrons.